The normalized spacial score (nSPS) is 12.4. The first-order chi connectivity index (χ1) is 8.78. The van der Waals surface area contributed by atoms with Crippen LogP contribution in [0.15, 0.2) is 16.9 Å². The molecule has 2 heterocycles. The molecule has 0 radical (unpaired) electrons. The molecule has 0 fully saturated rings. The molecule has 2 rings (SSSR count). The summed E-state index contributed by atoms with van der Waals surface area (Å²) >= 11 is 0. The molecule has 7 heteroatoms. The fraction of sp³-hybridized carbons (Fsp3) is 0.455. The molecule has 7 nitrogen and oxygen atoms in total. The standard InChI is InChI=1S/C11H15N5O2/c1-4-7(12-2)11-15-10(16-18-11)8-5-9(17-3)14-6-13-8/h5-7,12H,4H2,1-3H3. The van der Waals surface area contributed by atoms with Gasteiger partial charge in [-0.05, 0) is 13.5 Å². The summed E-state index contributed by atoms with van der Waals surface area (Å²) in [7, 11) is 3.40. The number of nitrogens with one attached hydrogen (secondary N) is 1. The van der Waals surface area contributed by atoms with Crippen molar-refractivity contribution in [1.82, 2.24) is 25.4 Å². The van der Waals surface area contributed by atoms with Gasteiger partial charge in [-0.15, -0.1) is 0 Å². The van der Waals surface area contributed by atoms with Crippen molar-refractivity contribution in [2.24, 2.45) is 0 Å². The van der Waals surface area contributed by atoms with Gasteiger partial charge in [0.1, 0.15) is 12.0 Å². The smallest absolute Gasteiger partial charge is 0.244 e. The van der Waals surface area contributed by atoms with Crippen LogP contribution in [0.5, 0.6) is 5.88 Å². The third-order valence-electron chi connectivity index (χ3n) is 2.58. The molecule has 96 valence electrons. The third-order valence-corrected chi connectivity index (χ3v) is 2.58. The van der Waals surface area contributed by atoms with Crippen LogP contribution in [0, 0.1) is 0 Å². The van der Waals surface area contributed by atoms with E-state index >= 15 is 0 Å². The minimum atomic E-state index is 0.0509. The Balaban J connectivity index is 2.28. The second-order valence-electron chi connectivity index (χ2n) is 3.65. The molecule has 0 aliphatic carbocycles. The van der Waals surface area contributed by atoms with E-state index in [1.807, 2.05) is 14.0 Å². The first-order valence-electron chi connectivity index (χ1n) is 5.65. The van der Waals surface area contributed by atoms with Crippen LogP contribution in [0.25, 0.3) is 11.5 Å². The Bertz CT molecular complexity index is 510. The first kappa shape index (κ1) is 12.4. The molecule has 2 aromatic heterocycles. The highest BCUT2D eigenvalue weighted by Crippen LogP contribution is 2.20. The summed E-state index contributed by atoms with van der Waals surface area (Å²) in [4.78, 5) is 12.3. The van der Waals surface area contributed by atoms with Crippen LogP contribution in [-0.4, -0.2) is 34.3 Å². The maximum atomic E-state index is 5.21. The van der Waals surface area contributed by atoms with E-state index in [0.29, 0.717) is 23.3 Å². The SMILES string of the molecule is CCC(NC)c1nc(-c2cc(OC)ncn2)no1. The van der Waals surface area contributed by atoms with Crippen molar-refractivity contribution in [2.45, 2.75) is 19.4 Å². The van der Waals surface area contributed by atoms with Crippen LogP contribution in [0.3, 0.4) is 0 Å². The zero-order valence-electron chi connectivity index (χ0n) is 10.5. The molecule has 0 bridgehead atoms. The van der Waals surface area contributed by atoms with E-state index in [9.17, 15) is 0 Å². The van der Waals surface area contributed by atoms with Gasteiger partial charge in [-0.2, -0.15) is 4.98 Å². The van der Waals surface area contributed by atoms with E-state index in [0.717, 1.165) is 6.42 Å². The van der Waals surface area contributed by atoms with Crippen molar-refractivity contribution in [3.8, 4) is 17.4 Å². The summed E-state index contributed by atoms with van der Waals surface area (Å²) in [5.41, 5.74) is 0.572. The average molecular weight is 249 g/mol. The Kier molecular flexibility index (Phi) is 3.83. The van der Waals surface area contributed by atoms with E-state index in [4.69, 9.17) is 9.26 Å². The fourth-order valence-corrected chi connectivity index (χ4v) is 1.56. The number of aromatic nitrogens is 4. The summed E-state index contributed by atoms with van der Waals surface area (Å²) in [6, 6.07) is 1.71. The zero-order valence-corrected chi connectivity index (χ0v) is 10.5. The van der Waals surface area contributed by atoms with Crippen LogP contribution in [0.2, 0.25) is 0 Å². The van der Waals surface area contributed by atoms with E-state index in [1.165, 1.54) is 6.33 Å². The Labute approximate surface area is 105 Å². The first-order valence-corrected chi connectivity index (χ1v) is 5.65. The van der Waals surface area contributed by atoms with Crippen LogP contribution in [0.1, 0.15) is 25.3 Å². The number of nitrogens with zero attached hydrogens (tertiary/aromatic N) is 4. The number of hydrogen-bond donors (Lipinski definition) is 1. The molecular formula is C11H15N5O2. The molecule has 0 aliphatic rings. The van der Waals surface area contributed by atoms with Crippen LogP contribution < -0.4 is 10.1 Å². The Morgan fingerprint density at radius 3 is 2.94 bits per heavy atom. The molecule has 0 amide bonds. The number of rotatable bonds is 5. The van der Waals surface area contributed by atoms with Gasteiger partial charge in [0.2, 0.25) is 17.6 Å². The van der Waals surface area contributed by atoms with Crippen molar-refractivity contribution in [3.05, 3.63) is 18.3 Å². The molecule has 0 spiro atoms. The highest BCUT2D eigenvalue weighted by Gasteiger charge is 2.17. The third kappa shape index (κ3) is 2.45. The van der Waals surface area contributed by atoms with Gasteiger partial charge in [0.25, 0.3) is 0 Å². The molecule has 0 saturated carbocycles. The van der Waals surface area contributed by atoms with Crippen LogP contribution in [0.4, 0.5) is 0 Å². The molecule has 1 atom stereocenters. The van der Waals surface area contributed by atoms with Crippen LogP contribution >= 0.6 is 0 Å². The van der Waals surface area contributed by atoms with Crippen molar-refractivity contribution >= 4 is 0 Å². The van der Waals surface area contributed by atoms with Crippen molar-refractivity contribution < 1.29 is 9.26 Å². The quantitative estimate of drug-likeness (QED) is 0.852. The molecule has 1 N–H and O–H groups in total. The molecule has 2 aromatic rings. The van der Waals surface area contributed by atoms with Gasteiger partial charge in [0.15, 0.2) is 0 Å². The Morgan fingerprint density at radius 2 is 2.28 bits per heavy atom. The monoisotopic (exact) mass is 249 g/mol. The van der Waals surface area contributed by atoms with Crippen LogP contribution in [-0.2, 0) is 0 Å². The molecular weight excluding hydrogens is 234 g/mol. The van der Waals surface area contributed by atoms with Gasteiger partial charge < -0.3 is 14.6 Å². The van der Waals surface area contributed by atoms with Gasteiger partial charge in [-0.3, -0.25) is 0 Å². The van der Waals surface area contributed by atoms with E-state index in [2.05, 4.69) is 25.4 Å². The highest BCUT2D eigenvalue weighted by atomic mass is 16.5. The number of hydrogen-bond acceptors (Lipinski definition) is 7. The predicted octanol–water partition coefficient (Wildman–Crippen LogP) is 1.21. The van der Waals surface area contributed by atoms with Gasteiger partial charge in [0.05, 0.1) is 13.2 Å². The second-order valence-corrected chi connectivity index (χ2v) is 3.65. The molecule has 1 unspecified atom stereocenters. The topological polar surface area (TPSA) is 86.0 Å². The summed E-state index contributed by atoms with van der Waals surface area (Å²) in [5, 5.41) is 7.01. The minimum Gasteiger partial charge on any atom is -0.481 e. The minimum absolute atomic E-state index is 0.0509. The van der Waals surface area contributed by atoms with Gasteiger partial charge in [-0.25, -0.2) is 9.97 Å². The van der Waals surface area contributed by atoms with Gasteiger partial charge >= 0.3 is 0 Å². The molecule has 18 heavy (non-hydrogen) atoms. The van der Waals surface area contributed by atoms with Crippen molar-refractivity contribution in [2.75, 3.05) is 14.2 Å². The number of methoxy groups -OCH3 is 1. The Morgan fingerprint density at radius 1 is 1.44 bits per heavy atom. The molecule has 0 aromatic carbocycles. The lowest BCUT2D eigenvalue weighted by Crippen LogP contribution is -2.15. The van der Waals surface area contributed by atoms with Crippen molar-refractivity contribution in [1.29, 1.82) is 0 Å². The maximum Gasteiger partial charge on any atom is 0.244 e. The summed E-state index contributed by atoms with van der Waals surface area (Å²) < 4.78 is 10.2. The number of ether oxygens (including phenoxy) is 1. The van der Waals surface area contributed by atoms with Crippen molar-refractivity contribution in [3.63, 3.8) is 0 Å². The lowest BCUT2D eigenvalue weighted by molar-refractivity contribution is 0.334. The largest absolute Gasteiger partial charge is 0.481 e. The second kappa shape index (κ2) is 5.54. The lowest BCUT2D eigenvalue weighted by atomic mass is 10.2. The van der Waals surface area contributed by atoms with E-state index < -0.39 is 0 Å². The van der Waals surface area contributed by atoms with Gasteiger partial charge in [0, 0.05) is 6.07 Å². The molecule has 0 aliphatic heterocycles. The Hall–Kier alpha value is -2.02. The summed E-state index contributed by atoms with van der Waals surface area (Å²) in [5.74, 6) is 1.44. The highest BCUT2D eigenvalue weighted by molar-refractivity contribution is 5.49. The summed E-state index contributed by atoms with van der Waals surface area (Å²) in [6.07, 6.45) is 2.27. The lowest BCUT2D eigenvalue weighted by Gasteiger charge is -2.06. The fourth-order valence-electron chi connectivity index (χ4n) is 1.56. The maximum absolute atomic E-state index is 5.21. The molecule has 0 saturated heterocycles. The average Bonchev–Trinajstić information content (AvgIpc) is 2.90. The van der Waals surface area contributed by atoms with Gasteiger partial charge in [-0.1, -0.05) is 12.1 Å². The van der Waals surface area contributed by atoms with E-state index in [1.54, 1.807) is 13.2 Å². The van der Waals surface area contributed by atoms with E-state index in [-0.39, 0.29) is 6.04 Å². The predicted molar refractivity (Wildman–Crippen MR) is 64.0 cm³/mol. The zero-order chi connectivity index (χ0) is 13.0. The summed E-state index contributed by atoms with van der Waals surface area (Å²) in [6.45, 7) is 2.04.